The molecule has 90 valence electrons. The monoisotopic (exact) mass is 426 g/mol. The molecule has 0 rings (SSSR count). The zero-order valence-electron chi connectivity index (χ0n) is 12.3. The summed E-state index contributed by atoms with van der Waals surface area (Å²) in [4.78, 5) is 15.2. The second-order valence-electron chi connectivity index (χ2n) is 7.94. The van der Waals surface area contributed by atoms with Gasteiger partial charge in [-0.2, -0.15) is 0 Å². The van der Waals surface area contributed by atoms with Crippen LogP contribution in [0, 0.1) is 5.41 Å². The molecule has 1 atom stereocenters. The van der Waals surface area contributed by atoms with Gasteiger partial charge in [-0.05, 0) is 0 Å². The van der Waals surface area contributed by atoms with Crippen molar-refractivity contribution >= 4 is 36.8 Å². The van der Waals surface area contributed by atoms with Crippen molar-refractivity contribution in [3.63, 3.8) is 0 Å². The van der Waals surface area contributed by atoms with Gasteiger partial charge in [0.1, 0.15) is 0 Å². The van der Waals surface area contributed by atoms with Crippen molar-refractivity contribution in [2.45, 2.75) is 54.3 Å². The normalized spacial score (nSPS) is 16.3. The Hall–Kier alpha value is 1.34. The van der Waals surface area contributed by atoms with E-state index in [1.54, 1.807) is 3.59 Å². The van der Waals surface area contributed by atoms with E-state index in [0.29, 0.717) is 5.41 Å². The fourth-order valence-electron chi connectivity index (χ4n) is 2.78. The molecule has 0 bridgehead atoms. The molecule has 0 radical (unpaired) electrons. The summed E-state index contributed by atoms with van der Waals surface area (Å²) in [5.74, 6) is 0. The van der Waals surface area contributed by atoms with Crippen LogP contribution in [-0.4, -0.2) is 36.8 Å². The van der Waals surface area contributed by atoms with Crippen molar-refractivity contribution in [1.82, 2.24) is 0 Å². The third kappa shape index (κ3) is 5.01. The van der Waals surface area contributed by atoms with Gasteiger partial charge < -0.3 is 0 Å². The molecule has 0 spiro atoms. The first-order valence-corrected chi connectivity index (χ1v) is 26.2. The zero-order valence-corrected chi connectivity index (χ0v) is 18.0. The number of rotatable bonds is 3. The minimum atomic E-state index is -1.92. The summed E-state index contributed by atoms with van der Waals surface area (Å²) in [6, 6.07) is 0. The van der Waals surface area contributed by atoms with Crippen molar-refractivity contribution in [2.75, 3.05) is 0 Å². The minimum absolute atomic E-state index is 0.426. The third-order valence-corrected chi connectivity index (χ3v) is 20.1. The summed E-state index contributed by atoms with van der Waals surface area (Å²) in [7, 11) is 0. The summed E-state index contributed by atoms with van der Waals surface area (Å²) in [5.41, 5.74) is 0.426. The first-order valence-electron chi connectivity index (χ1n) is 5.97. The molecule has 0 saturated carbocycles. The molecule has 0 aliphatic rings. The fraction of sp³-hybridized carbons (Fsp3) is 0.846. The first-order chi connectivity index (χ1) is 6.28. The Morgan fingerprint density at radius 2 is 1.27 bits per heavy atom. The van der Waals surface area contributed by atoms with Crippen LogP contribution in [0.4, 0.5) is 0 Å². The molecule has 1 unspecified atom stereocenters. The molecule has 2 heteroatoms. The molecule has 0 aliphatic carbocycles. The third-order valence-electron chi connectivity index (χ3n) is 3.04. The molecule has 0 aromatic rings. The Labute approximate surface area is 106 Å². The second kappa shape index (κ2) is 4.91. The van der Waals surface area contributed by atoms with E-state index in [4.69, 9.17) is 0 Å². The Bertz CT molecular complexity index is 219. The standard InChI is InChI=1S/C7H12.6CH3.2Sn/c1-5-6-7(2,3)4;;;;;;;;/h6H,1H2,2-4H3;6*1H3;;. The molecule has 0 aromatic heterocycles. The van der Waals surface area contributed by atoms with E-state index in [9.17, 15) is 0 Å². The van der Waals surface area contributed by atoms with E-state index >= 15 is 0 Å². The Morgan fingerprint density at radius 3 is 1.33 bits per heavy atom. The SMILES string of the molecule is C=[C]([CH](C(C)(C)C)[Sn]([CH3])([CH3])[CH3])[Sn]([CH3])([CH3])[CH3]. The number of hydrogen-bond donors (Lipinski definition) is 0. The van der Waals surface area contributed by atoms with Gasteiger partial charge in [-0.25, -0.2) is 0 Å². The zero-order chi connectivity index (χ0) is 12.7. The van der Waals surface area contributed by atoms with Crippen molar-refractivity contribution in [3.05, 3.63) is 10.2 Å². The van der Waals surface area contributed by atoms with Crippen LogP contribution in [0.1, 0.15) is 20.8 Å². The number of allylic oxidation sites excluding steroid dienone is 1. The Morgan fingerprint density at radius 1 is 0.933 bits per heavy atom. The van der Waals surface area contributed by atoms with Gasteiger partial charge in [0.2, 0.25) is 0 Å². The van der Waals surface area contributed by atoms with Gasteiger partial charge in [-0.15, -0.1) is 0 Å². The Balaban J connectivity index is 5.26. The van der Waals surface area contributed by atoms with Gasteiger partial charge in [-0.1, -0.05) is 0 Å². The van der Waals surface area contributed by atoms with Crippen molar-refractivity contribution in [1.29, 1.82) is 0 Å². The molecule has 0 nitrogen and oxygen atoms in total. The predicted molar refractivity (Wildman–Crippen MR) is 79.0 cm³/mol. The van der Waals surface area contributed by atoms with Crippen LogP contribution in [0.25, 0.3) is 0 Å². The van der Waals surface area contributed by atoms with Crippen molar-refractivity contribution in [3.8, 4) is 0 Å². The van der Waals surface area contributed by atoms with Crippen LogP contribution in [0.5, 0.6) is 0 Å². The predicted octanol–water partition coefficient (Wildman–Crippen LogP) is 5.17. The molecule has 0 heterocycles. The summed E-state index contributed by atoms with van der Waals surface area (Å²) >= 11 is -3.82. The van der Waals surface area contributed by atoms with Crippen LogP contribution in [0.3, 0.4) is 0 Å². The van der Waals surface area contributed by atoms with Gasteiger partial charge in [0.15, 0.2) is 0 Å². The van der Waals surface area contributed by atoms with E-state index in [-0.39, 0.29) is 0 Å². The summed E-state index contributed by atoms with van der Waals surface area (Å²) < 4.78 is 2.53. The fourth-order valence-corrected chi connectivity index (χ4v) is 33.5. The first kappa shape index (κ1) is 16.3. The Kier molecular flexibility index (Phi) is 5.35. The average Bonchev–Trinajstić information content (AvgIpc) is 1.76. The maximum absolute atomic E-state index is 4.51. The molecule has 0 N–H and O–H groups in total. The van der Waals surface area contributed by atoms with Gasteiger partial charge in [0.25, 0.3) is 0 Å². The van der Waals surface area contributed by atoms with E-state index in [2.05, 4.69) is 57.0 Å². The van der Waals surface area contributed by atoms with Gasteiger partial charge in [-0.3, -0.25) is 0 Å². The molecule has 0 amide bonds. The van der Waals surface area contributed by atoms with E-state index in [0.717, 1.165) is 3.93 Å². The van der Waals surface area contributed by atoms with E-state index in [1.807, 2.05) is 0 Å². The van der Waals surface area contributed by atoms with Crippen molar-refractivity contribution in [2.24, 2.45) is 5.41 Å². The van der Waals surface area contributed by atoms with Crippen molar-refractivity contribution < 1.29 is 0 Å². The molecule has 0 aliphatic heterocycles. The summed E-state index contributed by atoms with van der Waals surface area (Å²) in [6.07, 6.45) is 0. The summed E-state index contributed by atoms with van der Waals surface area (Å²) in [6.45, 7) is 11.7. The molecular weight excluding hydrogens is 394 g/mol. The van der Waals surface area contributed by atoms with Crippen LogP contribution in [0.2, 0.25) is 33.6 Å². The molecule has 0 fully saturated rings. The quantitative estimate of drug-likeness (QED) is 0.549. The molecule has 0 saturated heterocycles. The molecule has 15 heavy (non-hydrogen) atoms. The average molecular weight is 424 g/mol. The van der Waals surface area contributed by atoms with E-state index in [1.165, 1.54) is 0 Å². The van der Waals surface area contributed by atoms with E-state index < -0.39 is 36.8 Å². The summed E-state index contributed by atoms with van der Waals surface area (Å²) in [5, 5.41) is 0. The van der Waals surface area contributed by atoms with Gasteiger partial charge in [0, 0.05) is 0 Å². The van der Waals surface area contributed by atoms with Gasteiger partial charge in [0.05, 0.1) is 0 Å². The maximum atomic E-state index is 4.51. The number of hydrogen-bond acceptors (Lipinski definition) is 0. The topological polar surface area (TPSA) is 0 Å². The van der Waals surface area contributed by atoms with Crippen LogP contribution >= 0.6 is 0 Å². The molecule has 0 aromatic carbocycles. The second-order valence-corrected chi connectivity index (χ2v) is 37.8. The van der Waals surface area contributed by atoms with Crippen LogP contribution in [0.15, 0.2) is 10.2 Å². The van der Waals surface area contributed by atoms with Crippen LogP contribution < -0.4 is 0 Å². The molecular formula is C13H30Sn2. The van der Waals surface area contributed by atoms with Gasteiger partial charge >= 0.3 is 107 Å². The van der Waals surface area contributed by atoms with Crippen LogP contribution in [-0.2, 0) is 0 Å².